The highest BCUT2D eigenvalue weighted by Crippen LogP contribution is 2.49. The van der Waals surface area contributed by atoms with Crippen LogP contribution in [0.15, 0.2) is 28.7 Å². The Morgan fingerprint density at radius 2 is 2.11 bits per heavy atom. The van der Waals surface area contributed by atoms with Gasteiger partial charge in [-0.1, -0.05) is 28.1 Å². The van der Waals surface area contributed by atoms with Gasteiger partial charge in [0.1, 0.15) is 0 Å². The van der Waals surface area contributed by atoms with Gasteiger partial charge in [-0.3, -0.25) is 4.79 Å². The molecule has 0 unspecified atom stereocenters. The van der Waals surface area contributed by atoms with Gasteiger partial charge in [-0.15, -0.1) is 0 Å². The molecule has 0 aromatic heterocycles. The number of aliphatic hydroxyl groups is 1. The lowest BCUT2D eigenvalue weighted by Crippen LogP contribution is -2.38. The van der Waals surface area contributed by atoms with E-state index in [1.807, 2.05) is 17.0 Å². The number of likely N-dealkylation sites (tertiary alicyclic amines) is 1. The fourth-order valence-electron chi connectivity index (χ4n) is 3.07. The second-order valence-electron chi connectivity index (χ2n) is 5.51. The summed E-state index contributed by atoms with van der Waals surface area (Å²) in [5.41, 5.74) is 1.25. The van der Waals surface area contributed by atoms with Gasteiger partial charge in [0, 0.05) is 16.9 Å². The molecule has 1 N–H and O–H groups in total. The lowest BCUT2D eigenvalue weighted by molar-refractivity contribution is -0.134. The van der Waals surface area contributed by atoms with Crippen molar-refractivity contribution in [1.29, 1.82) is 0 Å². The number of carbonyl (C=O) groups excluding carboxylic acids is 1. The van der Waals surface area contributed by atoms with Gasteiger partial charge < -0.3 is 10.0 Å². The van der Waals surface area contributed by atoms with E-state index in [-0.39, 0.29) is 24.5 Å². The van der Waals surface area contributed by atoms with Gasteiger partial charge in [-0.05, 0) is 42.9 Å². The molecule has 0 radical (unpaired) electrons. The SMILES string of the molecule is O=C([C@@H]1C[C@H]1c1ccc(Br)cc1)N1CCC[C@@H]1CO. The monoisotopic (exact) mass is 323 g/mol. The maximum atomic E-state index is 12.4. The summed E-state index contributed by atoms with van der Waals surface area (Å²) in [6.45, 7) is 0.912. The topological polar surface area (TPSA) is 40.5 Å². The number of hydrogen-bond acceptors (Lipinski definition) is 2. The lowest BCUT2D eigenvalue weighted by atomic mass is 10.1. The van der Waals surface area contributed by atoms with Crippen molar-refractivity contribution in [2.75, 3.05) is 13.2 Å². The van der Waals surface area contributed by atoms with Crippen LogP contribution in [0.25, 0.3) is 0 Å². The normalized spacial score (nSPS) is 29.6. The van der Waals surface area contributed by atoms with E-state index in [9.17, 15) is 9.90 Å². The van der Waals surface area contributed by atoms with Crippen molar-refractivity contribution in [3.05, 3.63) is 34.3 Å². The molecule has 1 aliphatic carbocycles. The molecular formula is C15H18BrNO2. The number of amides is 1. The molecule has 3 atom stereocenters. The second kappa shape index (κ2) is 5.25. The molecule has 1 aliphatic heterocycles. The molecule has 1 aromatic rings. The predicted octanol–water partition coefficient (Wildman–Crippen LogP) is 2.54. The number of benzene rings is 1. The Labute approximate surface area is 121 Å². The van der Waals surface area contributed by atoms with Crippen LogP contribution in [0.1, 0.15) is 30.7 Å². The molecule has 0 spiro atoms. The summed E-state index contributed by atoms with van der Waals surface area (Å²) >= 11 is 3.43. The van der Waals surface area contributed by atoms with Gasteiger partial charge in [0.25, 0.3) is 0 Å². The molecule has 3 nitrogen and oxygen atoms in total. The third-order valence-electron chi connectivity index (χ3n) is 4.28. The van der Waals surface area contributed by atoms with E-state index >= 15 is 0 Å². The number of hydrogen-bond donors (Lipinski definition) is 1. The molecule has 1 aromatic carbocycles. The summed E-state index contributed by atoms with van der Waals surface area (Å²) in [4.78, 5) is 14.3. The van der Waals surface area contributed by atoms with Crippen LogP contribution in [0, 0.1) is 5.92 Å². The van der Waals surface area contributed by atoms with Gasteiger partial charge in [-0.2, -0.15) is 0 Å². The van der Waals surface area contributed by atoms with Crippen molar-refractivity contribution in [3.8, 4) is 0 Å². The van der Waals surface area contributed by atoms with Crippen LogP contribution in [-0.2, 0) is 4.79 Å². The average Bonchev–Trinajstić information content (AvgIpc) is 3.07. The summed E-state index contributed by atoms with van der Waals surface area (Å²) < 4.78 is 1.07. The van der Waals surface area contributed by atoms with Gasteiger partial charge in [0.15, 0.2) is 0 Å². The zero-order valence-electron chi connectivity index (χ0n) is 10.8. The van der Waals surface area contributed by atoms with Crippen LogP contribution < -0.4 is 0 Å². The molecule has 4 heteroatoms. The standard InChI is InChI=1S/C15H18BrNO2/c16-11-5-3-10(4-6-11)13-8-14(13)15(19)17-7-1-2-12(17)9-18/h3-6,12-14,18H,1-2,7-9H2/t12-,13+,14-/m1/s1. The third kappa shape index (κ3) is 2.56. The highest BCUT2D eigenvalue weighted by molar-refractivity contribution is 9.10. The molecule has 102 valence electrons. The Morgan fingerprint density at radius 1 is 1.37 bits per heavy atom. The Morgan fingerprint density at radius 3 is 2.79 bits per heavy atom. The minimum atomic E-state index is 0.0543. The second-order valence-corrected chi connectivity index (χ2v) is 6.43. The zero-order valence-corrected chi connectivity index (χ0v) is 12.3. The molecule has 2 fully saturated rings. The van der Waals surface area contributed by atoms with E-state index in [0.717, 1.165) is 30.3 Å². The molecule has 1 heterocycles. The van der Waals surface area contributed by atoms with Crippen LogP contribution in [0.3, 0.4) is 0 Å². The van der Waals surface area contributed by atoms with Crippen molar-refractivity contribution in [2.45, 2.75) is 31.2 Å². The van der Waals surface area contributed by atoms with Gasteiger partial charge in [0.05, 0.1) is 12.6 Å². The van der Waals surface area contributed by atoms with Gasteiger partial charge in [-0.25, -0.2) is 0 Å². The number of carbonyl (C=O) groups is 1. The van der Waals surface area contributed by atoms with Crippen molar-refractivity contribution in [1.82, 2.24) is 4.90 Å². The van der Waals surface area contributed by atoms with Crippen LogP contribution in [0.4, 0.5) is 0 Å². The van der Waals surface area contributed by atoms with Crippen molar-refractivity contribution < 1.29 is 9.90 Å². The van der Waals surface area contributed by atoms with Crippen molar-refractivity contribution in [3.63, 3.8) is 0 Å². The number of rotatable bonds is 3. The van der Waals surface area contributed by atoms with Crippen molar-refractivity contribution in [2.24, 2.45) is 5.92 Å². The summed E-state index contributed by atoms with van der Waals surface area (Å²) in [7, 11) is 0. The first-order valence-electron chi connectivity index (χ1n) is 6.87. The Balaban J connectivity index is 1.66. The van der Waals surface area contributed by atoms with Crippen molar-refractivity contribution >= 4 is 21.8 Å². The van der Waals surface area contributed by atoms with E-state index in [1.54, 1.807) is 0 Å². The Hall–Kier alpha value is -0.870. The first-order valence-corrected chi connectivity index (χ1v) is 7.67. The smallest absolute Gasteiger partial charge is 0.226 e. The molecular weight excluding hydrogens is 306 g/mol. The molecule has 3 rings (SSSR count). The minimum Gasteiger partial charge on any atom is -0.394 e. The highest BCUT2D eigenvalue weighted by atomic mass is 79.9. The van der Waals surface area contributed by atoms with E-state index in [4.69, 9.17) is 0 Å². The first-order chi connectivity index (χ1) is 9.20. The lowest BCUT2D eigenvalue weighted by Gasteiger charge is -2.23. The predicted molar refractivity (Wildman–Crippen MR) is 76.8 cm³/mol. The van der Waals surface area contributed by atoms with Crippen LogP contribution in [-0.4, -0.2) is 35.1 Å². The first kappa shape index (κ1) is 13.1. The van der Waals surface area contributed by atoms with E-state index < -0.39 is 0 Å². The van der Waals surface area contributed by atoms with Gasteiger partial charge in [0.2, 0.25) is 5.91 Å². The number of aliphatic hydroxyl groups excluding tert-OH is 1. The fourth-order valence-corrected chi connectivity index (χ4v) is 3.34. The zero-order chi connectivity index (χ0) is 13.4. The highest BCUT2D eigenvalue weighted by Gasteiger charge is 2.47. The maximum Gasteiger partial charge on any atom is 0.226 e. The quantitative estimate of drug-likeness (QED) is 0.928. The summed E-state index contributed by atoms with van der Waals surface area (Å²) in [5, 5.41) is 9.30. The molecule has 1 amide bonds. The largest absolute Gasteiger partial charge is 0.394 e. The number of nitrogens with zero attached hydrogens (tertiary/aromatic N) is 1. The van der Waals surface area contributed by atoms with Crippen LogP contribution in [0.5, 0.6) is 0 Å². The molecule has 2 aliphatic rings. The van der Waals surface area contributed by atoms with E-state index in [1.165, 1.54) is 5.56 Å². The third-order valence-corrected chi connectivity index (χ3v) is 4.81. The van der Waals surface area contributed by atoms with Crippen LogP contribution >= 0.6 is 15.9 Å². The average molecular weight is 324 g/mol. The summed E-state index contributed by atoms with van der Waals surface area (Å²) in [5.74, 6) is 0.748. The minimum absolute atomic E-state index is 0.0543. The fraction of sp³-hybridized carbons (Fsp3) is 0.533. The van der Waals surface area contributed by atoms with E-state index in [2.05, 4.69) is 28.1 Å². The molecule has 0 bridgehead atoms. The Bertz CT molecular complexity index is 474. The van der Waals surface area contributed by atoms with Gasteiger partial charge >= 0.3 is 0 Å². The molecule has 1 saturated carbocycles. The number of halogens is 1. The van der Waals surface area contributed by atoms with E-state index in [0.29, 0.717) is 5.92 Å². The Kier molecular flexibility index (Phi) is 3.63. The summed E-state index contributed by atoms with van der Waals surface area (Å²) in [6, 6.07) is 8.30. The van der Waals surface area contributed by atoms with Crippen LogP contribution in [0.2, 0.25) is 0 Å². The maximum absolute atomic E-state index is 12.4. The molecule has 1 saturated heterocycles. The summed E-state index contributed by atoms with van der Waals surface area (Å²) in [6.07, 6.45) is 2.92. The molecule has 19 heavy (non-hydrogen) atoms.